The molecule has 4 bridgehead atoms. The van der Waals surface area contributed by atoms with Crippen molar-refractivity contribution < 1.29 is 0 Å². The molecule has 0 amide bonds. The second-order valence-electron chi connectivity index (χ2n) is 11.8. The van der Waals surface area contributed by atoms with E-state index in [1.807, 2.05) is 0 Å². The number of nitrogens with two attached hydrogens (primary N) is 1. The highest BCUT2D eigenvalue weighted by atomic mass is 32.1. The van der Waals surface area contributed by atoms with Gasteiger partial charge in [-0.3, -0.25) is 0 Å². The van der Waals surface area contributed by atoms with Gasteiger partial charge in [0.15, 0.2) is 0 Å². The second-order valence-corrected chi connectivity index (χ2v) is 12.2. The molecule has 7 rings (SSSR count). The summed E-state index contributed by atoms with van der Waals surface area (Å²) in [6.07, 6.45) is 13.7. The lowest BCUT2D eigenvalue weighted by Gasteiger charge is -2.63. The van der Waals surface area contributed by atoms with E-state index in [9.17, 15) is 0 Å². The fraction of sp³-hybridized carbons (Fsp3) is 0.516. The van der Waals surface area contributed by atoms with Gasteiger partial charge in [0, 0.05) is 11.5 Å². The van der Waals surface area contributed by atoms with Crippen LogP contribution in [0.1, 0.15) is 68.9 Å². The van der Waals surface area contributed by atoms with Crippen LogP contribution in [0.2, 0.25) is 0 Å². The Labute approximate surface area is 210 Å². The molecular formula is C31H38N2S. The average molecular weight is 471 g/mol. The van der Waals surface area contributed by atoms with Crippen molar-refractivity contribution in [1.82, 2.24) is 5.32 Å². The molecule has 0 spiro atoms. The summed E-state index contributed by atoms with van der Waals surface area (Å²) in [4.78, 5) is 1.18. The Morgan fingerprint density at radius 2 is 1.50 bits per heavy atom. The fourth-order valence-electron chi connectivity index (χ4n) is 8.19. The molecule has 2 aromatic carbocycles. The van der Waals surface area contributed by atoms with E-state index in [0.717, 1.165) is 6.54 Å². The number of rotatable bonds is 5. The summed E-state index contributed by atoms with van der Waals surface area (Å²) >= 11 is 6.30. The Kier molecular flexibility index (Phi) is 5.90. The van der Waals surface area contributed by atoms with E-state index < -0.39 is 0 Å². The van der Waals surface area contributed by atoms with E-state index >= 15 is 0 Å². The molecule has 5 saturated carbocycles. The van der Waals surface area contributed by atoms with E-state index in [-0.39, 0.29) is 10.8 Å². The van der Waals surface area contributed by atoms with Gasteiger partial charge < -0.3 is 11.1 Å². The van der Waals surface area contributed by atoms with Gasteiger partial charge >= 0.3 is 0 Å². The SMILES string of the molecule is NC[C@H]1CC[C@H](NC(=S)C23CC4CC(c5ccccc5)(CC(C2)C4=Cc2ccccc2)C3)CC1. The third-order valence-electron chi connectivity index (χ3n) is 9.68. The molecule has 5 aliphatic rings. The van der Waals surface area contributed by atoms with Gasteiger partial charge in [0.1, 0.15) is 0 Å². The van der Waals surface area contributed by atoms with Gasteiger partial charge in [0.05, 0.1) is 4.99 Å². The molecule has 0 heterocycles. The van der Waals surface area contributed by atoms with Crippen LogP contribution in [0.4, 0.5) is 0 Å². The first-order valence-electron chi connectivity index (χ1n) is 13.4. The first kappa shape index (κ1) is 22.5. The number of hydrogen-bond donors (Lipinski definition) is 2. The summed E-state index contributed by atoms with van der Waals surface area (Å²) in [5.41, 5.74) is 10.9. The number of benzene rings is 2. The summed E-state index contributed by atoms with van der Waals surface area (Å²) in [5.74, 6) is 1.97. The fourth-order valence-corrected chi connectivity index (χ4v) is 8.60. The van der Waals surface area contributed by atoms with Crippen LogP contribution in [-0.2, 0) is 5.41 Å². The van der Waals surface area contributed by atoms with E-state index in [0.29, 0.717) is 23.8 Å². The summed E-state index contributed by atoms with van der Waals surface area (Å²) < 4.78 is 0. The van der Waals surface area contributed by atoms with Crippen LogP contribution < -0.4 is 11.1 Å². The molecule has 2 atom stereocenters. The Morgan fingerprint density at radius 3 is 2.12 bits per heavy atom. The van der Waals surface area contributed by atoms with Gasteiger partial charge in [0.2, 0.25) is 0 Å². The van der Waals surface area contributed by atoms with Crippen LogP contribution in [0, 0.1) is 23.2 Å². The largest absolute Gasteiger partial charge is 0.376 e. The average Bonchev–Trinajstić information content (AvgIpc) is 2.87. The van der Waals surface area contributed by atoms with Crippen molar-refractivity contribution in [1.29, 1.82) is 0 Å². The molecular weight excluding hydrogens is 432 g/mol. The zero-order chi connectivity index (χ0) is 23.2. The predicted octanol–water partition coefficient (Wildman–Crippen LogP) is 6.65. The number of hydrogen-bond acceptors (Lipinski definition) is 2. The Balaban J connectivity index is 1.30. The Bertz CT molecular complexity index is 1030. The highest BCUT2D eigenvalue weighted by molar-refractivity contribution is 7.80. The van der Waals surface area contributed by atoms with Gasteiger partial charge in [-0.2, -0.15) is 0 Å². The number of thiocarbonyl (C=S) groups is 1. The monoisotopic (exact) mass is 470 g/mol. The molecule has 3 N–H and O–H groups in total. The number of nitrogens with one attached hydrogen (secondary N) is 1. The minimum atomic E-state index is 0.149. The van der Waals surface area contributed by atoms with Crippen molar-refractivity contribution in [2.75, 3.05) is 6.54 Å². The van der Waals surface area contributed by atoms with Crippen molar-refractivity contribution in [3.05, 3.63) is 77.4 Å². The van der Waals surface area contributed by atoms with Gasteiger partial charge in [-0.05, 0) is 98.6 Å². The van der Waals surface area contributed by atoms with Crippen molar-refractivity contribution in [3.63, 3.8) is 0 Å². The van der Waals surface area contributed by atoms with Crippen LogP contribution in [0.3, 0.4) is 0 Å². The van der Waals surface area contributed by atoms with E-state index in [2.05, 4.69) is 72.1 Å². The maximum atomic E-state index is 6.30. The molecule has 178 valence electrons. The quantitative estimate of drug-likeness (QED) is 0.480. The third-order valence-corrected chi connectivity index (χ3v) is 10.2. The molecule has 0 aliphatic heterocycles. The zero-order valence-electron chi connectivity index (χ0n) is 20.2. The third kappa shape index (κ3) is 3.95. The van der Waals surface area contributed by atoms with E-state index in [1.165, 1.54) is 68.3 Å². The van der Waals surface area contributed by atoms with Crippen LogP contribution >= 0.6 is 12.2 Å². The Hall–Kier alpha value is -1.97. The number of allylic oxidation sites excluding steroid dienone is 1. The molecule has 2 unspecified atom stereocenters. The van der Waals surface area contributed by atoms with Crippen LogP contribution in [0.25, 0.3) is 6.08 Å². The topological polar surface area (TPSA) is 38.0 Å². The molecule has 3 heteroatoms. The molecule has 5 fully saturated rings. The van der Waals surface area contributed by atoms with Crippen molar-refractivity contribution in [2.24, 2.45) is 28.9 Å². The van der Waals surface area contributed by atoms with Gasteiger partial charge in [0.25, 0.3) is 0 Å². The normalized spacial score (nSPS) is 36.3. The lowest BCUT2D eigenvalue weighted by atomic mass is 9.41. The molecule has 0 saturated heterocycles. The van der Waals surface area contributed by atoms with E-state index in [1.54, 1.807) is 11.1 Å². The Morgan fingerprint density at radius 1 is 0.882 bits per heavy atom. The smallest absolute Gasteiger partial charge is 0.0818 e. The van der Waals surface area contributed by atoms with Gasteiger partial charge in [-0.1, -0.05) is 84.5 Å². The van der Waals surface area contributed by atoms with Crippen LogP contribution in [0.5, 0.6) is 0 Å². The zero-order valence-corrected chi connectivity index (χ0v) is 21.0. The van der Waals surface area contributed by atoms with Crippen LogP contribution in [-0.4, -0.2) is 17.6 Å². The highest BCUT2D eigenvalue weighted by Crippen LogP contribution is 2.67. The van der Waals surface area contributed by atoms with E-state index in [4.69, 9.17) is 18.0 Å². The lowest BCUT2D eigenvalue weighted by Crippen LogP contribution is -2.60. The van der Waals surface area contributed by atoms with Gasteiger partial charge in [-0.15, -0.1) is 0 Å². The summed E-state index contributed by atoms with van der Waals surface area (Å²) in [5, 5.41) is 3.92. The lowest BCUT2D eigenvalue weighted by molar-refractivity contribution is 0.00667. The molecule has 34 heavy (non-hydrogen) atoms. The van der Waals surface area contributed by atoms with Crippen molar-refractivity contribution >= 4 is 23.3 Å². The second kappa shape index (κ2) is 8.91. The minimum absolute atomic E-state index is 0.149. The predicted molar refractivity (Wildman–Crippen MR) is 146 cm³/mol. The van der Waals surface area contributed by atoms with Crippen LogP contribution in [0.15, 0.2) is 66.2 Å². The first-order valence-corrected chi connectivity index (χ1v) is 13.8. The molecule has 2 aromatic rings. The minimum Gasteiger partial charge on any atom is -0.376 e. The molecule has 0 aromatic heterocycles. The standard InChI is InChI=1S/C31H38N2S/c32-20-23-11-13-27(14-12-23)33-29(34)31-18-24-16-30(21-31,26-9-5-2-6-10-26)17-25(19-31)28(24)15-22-7-3-1-4-8-22/h1-10,15,23-25,27H,11-14,16-21,32H2,(H,33,34)/t23-,24?,25?,27-,30?,31?. The molecule has 5 aliphatic carbocycles. The van der Waals surface area contributed by atoms with Crippen molar-refractivity contribution in [2.45, 2.75) is 69.2 Å². The van der Waals surface area contributed by atoms with Gasteiger partial charge in [-0.25, -0.2) is 0 Å². The molecule has 2 nitrogen and oxygen atoms in total. The summed E-state index contributed by atoms with van der Waals surface area (Å²) in [6.45, 7) is 0.834. The molecule has 0 radical (unpaired) electrons. The summed E-state index contributed by atoms with van der Waals surface area (Å²) in [6, 6.07) is 22.9. The maximum absolute atomic E-state index is 6.30. The highest BCUT2D eigenvalue weighted by Gasteiger charge is 2.61. The summed E-state index contributed by atoms with van der Waals surface area (Å²) in [7, 11) is 0. The maximum Gasteiger partial charge on any atom is 0.0818 e. The first-order chi connectivity index (χ1) is 16.6. The van der Waals surface area contributed by atoms with Crippen molar-refractivity contribution in [3.8, 4) is 0 Å².